The number of methoxy groups -OCH3 is 1. The molecule has 2 atom stereocenters. The molecule has 0 radical (unpaired) electrons. The van der Waals surface area contributed by atoms with E-state index < -0.39 is 0 Å². The van der Waals surface area contributed by atoms with Crippen molar-refractivity contribution in [2.75, 3.05) is 7.11 Å². The molecule has 0 bridgehead atoms. The van der Waals surface area contributed by atoms with E-state index in [0.717, 1.165) is 0 Å². The molecule has 0 aliphatic heterocycles. The molecule has 1 N–H and O–H groups in total. The van der Waals surface area contributed by atoms with Crippen LogP contribution in [0.3, 0.4) is 0 Å². The number of ether oxygens (including phenoxy) is 1. The quantitative estimate of drug-likeness (QED) is 0.836. The molecule has 0 amide bonds. The van der Waals surface area contributed by atoms with Crippen molar-refractivity contribution in [3.8, 4) is 0 Å². The molecule has 110 valence electrons. The van der Waals surface area contributed by atoms with Crippen molar-refractivity contribution in [3.63, 3.8) is 0 Å². The predicted molar refractivity (Wildman–Crippen MR) is 80.4 cm³/mol. The Hall–Kier alpha value is -1.35. The van der Waals surface area contributed by atoms with E-state index in [9.17, 15) is 4.79 Å². The number of esters is 1. The van der Waals surface area contributed by atoms with Gasteiger partial charge in [0.05, 0.1) is 7.11 Å². The van der Waals surface area contributed by atoms with Gasteiger partial charge in [-0.25, -0.2) is 0 Å². The lowest BCUT2D eigenvalue weighted by Gasteiger charge is -2.33. The molecule has 0 saturated heterocycles. The molecule has 1 aromatic rings. The van der Waals surface area contributed by atoms with E-state index in [-0.39, 0.29) is 18.1 Å². The van der Waals surface area contributed by atoms with E-state index in [0.29, 0.717) is 5.92 Å². The van der Waals surface area contributed by atoms with Crippen molar-refractivity contribution in [3.05, 3.63) is 35.9 Å². The largest absolute Gasteiger partial charge is 0.468 e. The average Bonchev–Trinajstić information content (AvgIpc) is 2.53. The number of rotatable bonds is 5. The zero-order valence-corrected chi connectivity index (χ0v) is 12.5. The third-order valence-electron chi connectivity index (χ3n) is 4.26. The highest BCUT2D eigenvalue weighted by Crippen LogP contribution is 2.34. The monoisotopic (exact) mass is 275 g/mol. The van der Waals surface area contributed by atoms with Crippen LogP contribution in [-0.2, 0) is 9.53 Å². The zero-order chi connectivity index (χ0) is 14.4. The topological polar surface area (TPSA) is 38.3 Å². The Morgan fingerprint density at radius 2 is 1.85 bits per heavy atom. The summed E-state index contributed by atoms with van der Waals surface area (Å²) < 4.78 is 4.83. The van der Waals surface area contributed by atoms with Gasteiger partial charge in [0.15, 0.2) is 0 Å². The summed E-state index contributed by atoms with van der Waals surface area (Å²) in [6.45, 7) is 1.88. The van der Waals surface area contributed by atoms with Crippen molar-refractivity contribution < 1.29 is 9.53 Å². The minimum absolute atomic E-state index is 0.193. The number of nitrogens with one attached hydrogen (secondary N) is 1. The summed E-state index contributed by atoms with van der Waals surface area (Å²) in [4.78, 5) is 11.7. The summed E-state index contributed by atoms with van der Waals surface area (Å²) >= 11 is 0. The Morgan fingerprint density at radius 3 is 2.45 bits per heavy atom. The normalized spacial score (nSPS) is 19.3. The van der Waals surface area contributed by atoms with Crippen molar-refractivity contribution in [1.29, 1.82) is 0 Å². The van der Waals surface area contributed by atoms with Gasteiger partial charge >= 0.3 is 5.97 Å². The molecule has 1 saturated carbocycles. The first kappa shape index (κ1) is 15.0. The molecule has 3 nitrogen and oxygen atoms in total. The maximum Gasteiger partial charge on any atom is 0.322 e. The molecule has 1 aliphatic carbocycles. The first-order chi connectivity index (χ1) is 9.72. The summed E-state index contributed by atoms with van der Waals surface area (Å²) in [5.74, 6) is 0.417. The van der Waals surface area contributed by atoms with Gasteiger partial charge in [0.2, 0.25) is 0 Å². The Balaban J connectivity index is 2.13. The molecule has 0 aromatic heterocycles. The second-order valence-electron chi connectivity index (χ2n) is 5.70. The molecule has 3 heteroatoms. The minimum atomic E-state index is -0.271. The van der Waals surface area contributed by atoms with E-state index in [1.807, 2.05) is 13.0 Å². The zero-order valence-electron chi connectivity index (χ0n) is 12.5. The second kappa shape index (κ2) is 7.44. The van der Waals surface area contributed by atoms with Crippen LogP contribution < -0.4 is 5.32 Å². The number of benzene rings is 1. The molecule has 0 spiro atoms. The van der Waals surface area contributed by atoms with E-state index in [2.05, 4.69) is 29.6 Å². The third-order valence-corrected chi connectivity index (χ3v) is 4.26. The molecule has 1 aliphatic rings. The fraction of sp³-hybridized carbons (Fsp3) is 0.588. The van der Waals surface area contributed by atoms with Crippen molar-refractivity contribution in [1.82, 2.24) is 5.32 Å². The van der Waals surface area contributed by atoms with Gasteiger partial charge in [0.1, 0.15) is 6.04 Å². The van der Waals surface area contributed by atoms with E-state index >= 15 is 0 Å². The SMILES string of the molecule is COC(=O)[C@H](C)NC(c1ccccc1)C1CCCCC1. The molecule has 1 unspecified atom stereocenters. The highest BCUT2D eigenvalue weighted by Gasteiger charge is 2.28. The van der Waals surface area contributed by atoms with Crippen molar-refractivity contribution >= 4 is 5.97 Å². The van der Waals surface area contributed by atoms with Crippen molar-refractivity contribution in [2.45, 2.75) is 51.1 Å². The first-order valence-electron chi connectivity index (χ1n) is 7.61. The van der Waals surface area contributed by atoms with Gasteiger partial charge in [-0.1, -0.05) is 49.6 Å². The van der Waals surface area contributed by atoms with Crippen LogP contribution in [0.25, 0.3) is 0 Å². The molecular weight excluding hydrogens is 250 g/mol. The van der Waals surface area contributed by atoms with E-state index in [1.165, 1.54) is 44.8 Å². The fourth-order valence-electron chi connectivity index (χ4n) is 3.15. The van der Waals surface area contributed by atoms with Gasteiger partial charge < -0.3 is 4.74 Å². The van der Waals surface area contributed by atoms with Crippen LogP contribution >= 0.6 is 0 Å². The molecule has 1 fully saturated rings. The van der Waals surface area contributed by atoms with Crippen LogP contribution in [0, 0.1) is 5.92 Å². The summed E-state index contributed by atoms with van der Waals surface area (Å²) in [7, 11) is 1.44. The van der Waals surface area contributed by atoms with Gasteiger partial charge in [-0.2, -0.15) is 0 Å². The lowest BCUT2D eigenvalue weighted by Crippen LogP contribution is -2.40. The lowest BCUT2D eigenvalue weighted by atomic mass is 9.81. The number of hydrogen-bond donors (Lipinski definition) is 1. The van der Waals surface area contributed by atoms with Crippen LogP contribution in [0.5, 0.6) is 0 Å². The summed E-state index contributed by atoms with van der Waals surface area (Å²) in [6.07, 6.45) is 6.40. The maximum atomic E-state index is 11.7. The van der Waals surface area contributed by atoms with Crippen LogP contribution in [-0.4, -0.2) is 19.1 Å². The van der Waals surface area contributed by atoms with Crippen LogP contribution in [0.15, 0.2) is 30.3 Å². The van der Waals surface area contributed by atoms with Crippen LogP contribution in [0.2, 0.25) is 0 Å². The highest BCUT2D eigenvalue weighted by molar-refractivity contribution is 5.75. The van der Waals surface area contributed by atoms with Crippen LogP contribution in [0.4, 0.5) is 0 Å². The molecule has 2 rings (SSSR count). The number of hydrogen-bond acceptors (Lipinski definition) is 3. The third kappa shape index (κ3) is 3.83. The Morgan fingerprint density at radius 1 is 1.20 bits per heavy atom. The lowest BCUT2D eigenvalue weighted by molar-refractivity contribution is -0.143. The van der Waals surface area contributed by atoms with E-state index in [4.69, 9.17) is 4.74 Å². The predicted octanol–water partition coefficient (Wildman–Crippen LogP) is 3.46. The first-order valence-corrected chi connectivity index (χ1v) is 7.61. The maximum absolute atomic E-state index is 11.7. The Kier molecular flexibility index (Phi) is 5.60. The summed E-state index contributed by atoms with van der Waals surface area (Å²) in [5.41, 5.74) is 1.27. The smallest absolute Gasteiger partial charge is 0.322 e. The highest BCUT2D eigenvalue weighted by atomic mass is 16.5. The standard InChI is InChI=1S/C17H25NO2/c1-13(17(19)20-2)18-16(14-9-5-3-6-10-14)15-11-7-4-8-12-15/h3,5-6,9-10,13,15-16,18H,4,7-8,11-12H2,1-2H3/t13-,16?/m0/s1. The fourth-order valence-corrected chi connectivity index (χ4v) is 3.15. The molecule has 1 aromatic carbocycles. The average molecular weight is 275 g/mol. The van der Waals surface area contributed by atoms with E-state index in [1.54, 1.807) is 0 Å². The van der Waals surface area contributed by atoms with Gasteiger partial charge in [0, 0.05) is 6.04 Å². The van der Waals surface area contributed by atoms with Gasteiger partial charge in [-0.3, -0.25) is 10.1 Å². The van der Waals surface area contributed by atoms with Gasteiger partial charge in [-0.15, -0.1) is 0 Å². The summed E-state index contributed by atoms with van der Waals surface area (Å²) in [6, 6.07) is 10.4. The Labute approximate surface area is 121 Å². The van der Waals surface area contributed by atoms with Crippen molar-refractivity contribution in [2.24, 2.45) is 5.92 Å². The van der Waals surface area contributed by atoms with Crippen LogP contribution in [0.1, 0.15) is 50.6 Å². The van der Waals surface area contributed by atoms with Gasteiger partial charge in [0.25, 0.3) is 0 Å². The number of carbonyl (C=O) groups is 1. The minimum Gasteiger partial charge on any atom is -0.468 e. The molecular formula is C17H25NO2. The number of carbonyl (C=O) groups excluding carboxylic acids is 1. The molecule has 0 heterocycles. The second-order valence-corrected chi connectivity index (χ2v) is 5.70. The molecule has 20 heavy (non-hydrogen) atoms. The Bertz CT molecular complexity index is 412. The van der Waals surface area contributed by atoms with Gasteiger partial charge in [-0.05, 0) is 31.2 Å². The summed E-state index contributed by atoms with van der Waals surface area (Å²) in [5, 5.41) is 3.48.